The molecular weight excluding hydrogens is 318 g/mol. The maximum atomic E-state index is 5.39. The van der Waals surface area contributed by atoms with E-state index in [4.69, 9.17) is 4.74 Å². The van der Waals surface area contributed by atoms with E-state index in [1.165, 1.54) is 0 Å². The van der Waals surface area contributed by atoms with Gasteiger partial charge in [0.15, 0.2) is 5.13 Å². The molecule has 120 valence electrons. The molecule has 0 aliphatic carbocycles. The predicted molar refractivity (Wildman–Crippen MR) is 90.0 cm³/mol. The quantitative estimate of drug-likeness (QED) is 0.834. The summed E-state index contributed by atoms with van der Waals surface area (Å²) in [5.41, 5.74) is 1.10. The number of piperazine rings is 1. The summed E-state index contributed by atoms with van der Waals surface area (Å²) in [6.45, 7) is 10.8. The second-order valence-electron chi connectivity index (χ2n) is 5.44. The van der Waals surface area contributed by atoms with E-state index in [1.807, 2.05) is 13.8 Å². The van der Waals surface area contributed by atoms with Crippen LogP contribution in [0.25, 0.3) is 0 Å². The lowest BCUT2D eigenvalue weighted by Gasteiger charge is -2.39. The third kappa shape index (κ3) is 3.56. The molecule has 1 aliphatic rings. The van der Waals surface area contributed by atoms with E-state index in [-0.39, 0.29) is 0 Å². The number of rotatable bonds is 5. The van der Waals surface area contributed by atoms with Crippen LogP contribution >= 0.6 is 22.7 Å². The number of aromatic nitrogens is 3. The fourth-order valence-corrected chi connectivity index (χ4v) is 4.33. The average Bonchev–Trinajstić information content (AvgIpc) is 3.09. The van der Waals surface area contributed by atoms with Crippen LogP contribution in [0.15, 0.2) is 5.38 Å². The van der Waals surface area contributed by atoms with Crippen LogP contribution in [0.5, 0.6) is 5.19 Å². The molecule has 0 amide bonds. The number of nitrogens with zero attached hydrogens (tertiary/aromatic N) is 5. The Hall–Kier alpha value is -1.25. The summed E-state index contributed by atoms with van der Waals surface area (Å²) in [4.78, 5) is 9.44. The van der Waals surface area contributed by atoms with E-state index < -0.39 is 0 Å². The topological polar surface area (TPSA) is 54.4 Å². The Morgan fingerprint density at radius 2 is 2.23 bits per heavy atom. The number of hydrogen-bond donors (Lipinski definition) is 0. The van der Waals surface area contributed by atoms with Crippen molar-refractivity contribution in [2.45, 2.75) is 33.4 Å². The maximum absolute atomic E-state index is 5.39. The van der Waals surface area contributed by atoms with Crippen molar-refractivity contribution in [3.8, 4) is 5.19 Å². The smallest absolute Gasteiger partial charge is 0.294 e. The third-order valence-corrected chi connectivity index (χ3v) is 5.46. The van der Waals surface area contributed by atoms with Crippen LogP contribution < -0.4 is 9.64 Å². The third-order valence-electron chi connectivity index (χ3n) is 3.64. The molecule has 0 bridgehead atoms. The van der Waals surface area contributed by atoms with Gasteiger partial charge >= 0.3 is 0 Å². The molecule has 6 nitrogen and oxygen atoms in total. The van der Waals surface area contributed by atoms with Gasteiger partial charge in [0.1, 0.15) is 5.01 Å². The standard InChI is InChI=1S/C14H21N5OS2/c1-4-20-14-17-16-12(22-14)8-18-5-6-19(11(3)7-18)13-15-10(2)9-21-13/h9,11H,4-8H2,1-3H3/t11-/m0/s1. The summed E-state index contributed by atoms with van der Waals surface area (Å²) in [7, 11) is 0. The van der Waals surface area contributed by atoms with E-state index in [2.05, 4.69) is 37.3 Å². The van der Waals surface area contributed by atoms with Crippen molar-refractivity contribution in [3.05, 3.63) is 16.1 Å². The van der Waals surface area contributed by atoms with Gasteiger partial charge in [-0.3, -0.25) is 4.90 Å². The largest absolute Gasteiger partial charge is 0.469 e. The van der Waals surface area contributed by atoms with Crippen molar-refractivity contribution < 1.29 is 4.74 Å². The molecule has 0 aromatic carbocycles. The first kappa shape index (κ1) is 15.6. The zero-order valence-electron chi connectivity index (χ0n) is 13.2. The van der Waals surface area contributed by atoms with Gasteiger partial charge in [0.25, 0.3) is 5.19 Å². The number of hydrogen-bond acceptors (Lipinski definition) is 8. The fraction of sp³-hybridized carbons (Fsp3) is 0.643. The van der Waals surface area contributed by atoms with Gasteiger partial charge in [-0.2, -0.15) is 0 Å². The van der Waals surface area contributed by atoms with E-state index in [0.717, 1.165) is 42.0 Å². The summed E-state index contributed by atoms with van der Waals surface area (Å²) in [5, 5.41) is 13.2. The second kappa shape index (κ2) is 6.89. The molecule has 2 aromatic heterocycles. The molecule has 1 saturated heterocycles. The van der Waals surface area contributed by atoms with Gasteiger partial charge in [-0.25, -0.2) is 4.98 Å². The highest BCUT2D eigenvalue weighted by Crippen LogP contribution is 2.26. The summed E-state index contributed by atoms with van der Waals surface area (Å²) >= 11 is 3.28. The summed E-state index contributed by atoms with van der Waals surface area (Å²) in [6, 6.07) is 0.457. The molecular formula is C14H21N5OS2. The summed E-state index contributed by atoms with van der Waals surface area (Å²) in [5.74, 6) is 0. The van der Waals surface area contributed by atoms with Crippen LogP contribution in [0.3, 0.4) is 0 Å². The molecule has 0 unspecified atom stereocenters. The van der Waals surface area contributed by atoms with Crippen molar-refractivity contribution in [3.63, 3.8) is 0 Å². The second-order valence-corrected chi connectivity index (χ2v) is 7.30. The first-order chi connectivity index (χ1) is 10.7. The van der Waals surface area contributed by atoms with Crippen molar-refractivity contribution >= 4 is 27.8 Å². The fourth-order valence-electron chi connectivity index (χ4n) is 2.61. The SMILES string of the molecule is CCOc1nnc(CN2CCN(c3nc(C)cs3)[C@@H](C)C2)s1. The molecule has 22 heavy (non-hydrogen) atoms. The van der Waals surface area contributed by atoms with E-state index in [9.17, 15) is 0 Å². The molecule has 3 heterocycles. The number of aryl methyl sites for hydroxylation is 1. The Balaban J connectivity index is 1.57. The van der Waals surface area contributed by atoms with E-state index >= 15 is 0 Å². The molecule has 1 aliphatic heterocycles. The van der Waals surface area contributed by atoms with Crippen LogP contribution in [0.2, 0.25) is 0 Å². The monoisotopic (exact) mass is 339 g/mol. The average molecular weight is 339 g/mol. The van der Waals surface area contributed by atoms with Gasteiger partial charge in [0.2, 0.25) is 0 Å². The normalized spacial score (nSPS) is 19.6. The Bertz CT molecular complexity index is 614. The van der Waals surface area contributed by atoms with Crippen LogP contribution in [-0.2, 0) is 6.54 Å². The maximum Gasteiger partial charge on any atom is 0.294 e. The zero-order valence-corrected chi connectivity index (χ0v) is 14.8. The molecule has 0 radical (unpaired) electrons. The van der Waals surface area contributed by atoms with Crippen molar-refractivity contribution in [2.75, 3.05) is 31.1 Å². The lowest BCUT2D eigenvalue weighted by atomic mass is 10.2. The molecule has 0 saturated carbocycles. The first-order valence-corrected chi connectivity index (χ1v) is 9.21. The van der Waals surface area contributed by atoms with Gasteiger partial charge in [-0.15, -0.1) is 21.5 Å². The van der Waals surface area contributed by atoms with E-state index in [0.29, 0.717) is 17.8 Å². The minimum Gasteiger partial charge on any atom is -0.469 e. The van der Waals surface area contributed by atoms with E-state index in [1.54, 1.807) is 22.7 Å². The minimum absolute atomic E-state index is 0.457. The minimum atomic E-state index is 0.457. The number of thiazole rings is 1. The summed E-state index contributed by atoms with van der Waals surface area (Å²) < 4.78 is 5.39. The molecule has 0 N–H and O–H groups in total. The molecule has 3 rings (SSSR count). The molecule has 8 heteroatoms. The highest BCUT2D eigenvalue weighted by Gasteiger charge is 2.26. The number of anilines is 1. The Morgan fingerprint density at radius 3 is 2.91 bits per heavy atom. The lowest BCUT2D eigenvalue weighted by Crippen LogP contribution is -2.51. The molecule has 1 fully saturated rings. The van der Waals surface area contributed by atoms with Crippen LogP contribution in [0, 0.1) is 6.92 Å². The summed E-state index contributed by atoms with van der Waals surface area (Å²) in [6.07, 6.45) is 0. The van der Waals surface area contributed by atoms with Gasteiger partial charge in [0.05, 0.1) is 18.8 Å². The predicted octanol–water partition coefficient (Wildman–Crippen LogP) is 2.41. The first-order valence-electron chi connectivity index (χ1n) is 7.52. The van der Waals surface area contributed by atoms with Crippen LogP contribution in [0.1, 0.15) is 24.5 Å². The Morgan fingerprint density at radius 1 is 1.36 bits per heavy atom. The van der Waals surface area contributed by atoms with Gasteiger partial charge in [0, 0.05) is 31.1 Å². The number of ether oxygens (including phenoxy) is 1. The highest BCUT2D eigenvalue weighted by molar-refractivity contribution is 7.13. The van der Waals surface area contributed by atoms with Crippen LogP contribution in [0.4, 0.5) is 5.13 Å². The van der Waals surface area contributed by atoms with Gasteiger partial charge in [-0.1, -0.05) is 11.3 Å². The molecule has 2 aromatic rings. The highest BCUT2D eigenvalue weighted by atomic mass is 32.1. The van der Waals surface area contributed by atoms with Gasteiger partial charge in [-0.05, 0) is 20.8 Å². The Kier molecular flexibility index (Phi) is 4.90. The van der Waals surface area contributed by atoms with Crippen molar-refractivity contribution in [2.24, 2.45) is 0 Å². The van der Waals surface area contributed by atoms with Crippen molar-refractivity contribution in [1.29, 1.82) is 0 Å². The zero-order chi connectivity index (χ0) is 15.5. The molecule has 0 spiro atoms. The lowest BCUT2D eigenvalue weighted by molar-refractivity contribution is 0.220. The van der Waals surface area contributed by atoms with Crippen LogP contribution in [-0.4, -0.2) is 52.4 Å². The Labute approximate surface area is 138 Å². The van der Waals surface area contributed by atoms with Gasteiger partial charge < -0.3 is 9.64 Å². The van der Waals surface area contributed by atoms with Crippen molar-refractivity contribution in [1.82, 2.24) is 20.1 Å². The molecule has 1 atom stereocenters.